The van der Waals surface area contributed by atoms with Gasteiger partial charge in [-0.05, 0) is 13.8 Å². The summed E-state index contributed by atoms with van der Waals surface area (Å²) in [6.45, 7) is 3.70. The molecule has 0 spiro atoms. The minimum atomic E-state index is -0.465. The van der Waals surface area contributed by atoms with Gasteiger partial charge >= 0.3 is 0 Å². The monoisotopic (exact) mass is 262 g/mol. The van der Waals surface area contributed by atoms with E-state index < -0.39 is 10.5 Å². The van der Waals surface area contributed by atoms with Crippen LogP contribution in [0.1, 0.15) is 19.7 Å². The highest BCUT2D eigenvalue weighted by molar-refractivity contribution is 5.58. The van der Waals surface area contributed by atoms with Gasteiger partial charge in [0.1, 0.15) is 0 Å². The van der Waals surface area contributed by atoms with E-state index in [0.29, 0.717) is 23.7 Å². The lowest BCUT2D eigenvalue weighted by Gasteiger charge is -2.14. The maximum Gasteiger partial charge on any atom is 0.270 e. The first-order chi connectivity index (χ1) is 8.85. The number of nitro groups is 1. The summed E-state index contributed by atoms with van der Waals surface area (Å²) < 4.78 is 5.08. The summed E-state index contributed by atoms with van der Waals surface area (Å²) in [5, 5.41) is 14.5. The Morgan fingerprint density at radius 1 is 1.47 bits per heavy atom. The van der Waals surface area contributed by atoms with Crippen molar-refractivity contribution in [3.05, 3.63) is 40.3 Å². The van der Waals surface area contributed by atoms with Crippen molar-refractivity contribution >= 4 is 5.69 Å². The van der Waals surface area contributed by atoms with Crippen molar-refractivity contribution in [1.82, 2.24) is 10.1 Å². The fraction of sp³-hybridized carbons (Fsp3) is 0.333. The summed E-state index contributed by atoms with van der Waals surface area (Å²) in [5.74, 6) is 0.733. The van der Waals surface area contributed by atoms with Gasteiger partial charge in [0.2, 0.25) is 11.7 Å². The molecule has 7 nitrogen and oxygen atoms in total. The molecule has 2 rings (SSSR count). The molecule has 0 aliphatic heterocycles. The Morgan fingerprint density at radius 2 is 2.21 bits per heavy atom. The fourth-order valence-corrected chi connectivity index (χ4v) is 1.59. The van der Waals surface area contributed by atoms with E-state index in [1.165, 1.54) is 12.1 Å². The van der Waals surface area contributed by atoms with Gasteiger partial charge in [-0.1, -0.05) is 17.3 Å². The maximum absolute atomic E-state index is 10.7. The lowest BCUT2D eigenvalue weighted by molar-refractivity contribution is -0.384. The van der Waals surface area contributed by atoms with Crippen LogP contribution in [-0.2, 0) is 6.42 Å². The molecule has 1 aromatic heterocycles. The largest absolute Gasteiger partial charge is 0.339 e. The molecule has 0 saturated heterocycles. The standard InChI is InChI=1S/C12H14N4O3/c1-12(2,13)7-10-14-11(15-19-10)8-4-3-5-9(6-8)16(17)18/h3-6H,7,13H2,1-2H3. The van der Waals surface area contributed by atoms with Crippen LogP contribution in [0.25, 0.3) is 11.4 Å². The van der Waals surface area contributed by atoms with Gasteiger partial charge in [0.15, 0.2) is 0 Å². The van der Waals surface area contributed by atoms with Crippen LogP contribution in [0, 0.1) is 10.1 Å². The second kappa shape index (κ2) is 4.77. The number of benzene rings is 1. The van der Waals surface area contributed by atoms with Crippen molar-refractivity contribution in [3.8, 4) is 11.4 Å². The zero-order valence-corrected chi connectivity index (χ0v) is 10.7. The highest BCUT2D eigenvalue weighted by Crippen LogP contribution is 2.22. The van der Waals surface area contributed by atoms with Gasteiger partial charge < -0.3 is 10.3 Å². The lowest BCUT2D eigenvalue weighted by atomic mass is 10.0. The smallest absolute Gasteiger partial charge is 0.270 e. The van der Waals surface area contributed by atoms with Crippen LogP contribution in [0.5, 0.6) is 0 Å². The Bertz CT molecular complexity index is 601. The van der Waals surface area contributed by atoms with Crippen LogP contribution in [0.15, 0.2) is 28.8 Å². The van der Waals surface area contributed by atoms with E-state index in [2.05, 4.69) is 10.1 Å². The van der Waals surface area contributed by atoms with Gasteiger partial charge in [-0.3, -0.25) is 10.1 Å². The van der Waals surface area contributed by atoms with Gasteiger partial charge in [0.05, 0.1) is 4.92 Å². The Balaban J connectivity index is 2.28. The molecule has 100 valence electrons. The number of hydrogen-bond acceptors (Lipinski definition) is 6. The average molecular weight is 262 g/mol. The van der Waals surface area contributed by atoms with E-state index in [1.54, 1.807) is 12.1 Å². The summed E-state index contributed by atoms with van der Waals surface area (Å²) in [4.78, 5) is 14.4. The SMILES string of the molecule is CC(C)(N)Cc1nc(-c2cccc([N+](=O)[O-])c2)no1. The van der Waals surface area contributed by atoms with Crippen molar-refractivity contribution in [1.29, 1.82) is 0 Å². The van der Waals surface area contributed by atoms with Crippen molar-refractivity contribution < 1.29 is 9.45 Å². The zero-order valence-electron chi connectivity index (χ0n) is 10.7. The minimum absolute atomic E-state index is 0.0111. The number of nitrogens with two attached hydrogens (primary N) is 1. The highest BCUT2D eigenvalue weighted by atomic mass is 16.6. The molecule has 0 bridgehead atoms. The van der Waals surface area contributed by atoms with Crippen LogP contribution in [-0.4, -0.2) is 20.6 Å². The van der Waals surface area contributed by atoms with Gasteiger partial charge in [-0.25, -0.2) is 0 Å². The first-order valence-electron chi connectivity index (χ1n) is 5.71. The van der Waals surface area contributed by atoms with E-state index in [0.717, 1.165) is 0 Å². The van der Waals surface area contributed by atoms with E-state index in [-0.39, 0.29) is 5.69 Å². The number of nitro benzene ring substituents is 1. The molecular weight excluding hydrogens is 248 g/mol. The Morgan fingerprint density at radius 3 is 2.84 bits per heavy atom. The van der Waals surface area contributed by atoms with Gasteiger partial charge in [-0.2, -0.15) is 4.98 Å². The van der Waals surface area contributed by atoms with E-state index in [9.17, 15) is 10.1 Å². The summed E-state index contributed by atoms with van der Waals surface area (Å²) >= 11 is 0. The van der Waals surface area contributed by atoms with Crippen molar-refractivity contribution in [3.63, 3.8) is 0 Å². The Labute approximate surface area is 109 Å². The summed E-state index contributed by atoms with van der Waals surface area (Å²) in [6.07, 6.45) is 0.439. The van der Waals surface area contributed by atoms with Crippen LogP contribution in [0.4, 0.5) is 5.69 Å². The van der Waals surface area contributed by atoms with Crippen LogP contribution < -0.4 is 5.73 Å². The molecule has 0 amide bonds. The second-order valence-electron chi connectivity index (χ2n) is 4.98. The third-order valence-electron chi connectivity index (χ3n) is 2.39. The van der Waals surface area contributed by atoms with Crippen molar-refractivity contribution in [2.45, 2.75) is 25.8 Å². The van der Waals surface area contributed by atoms with Crippen LogP contribution >= 0.6 is 0 Å². The molecule has 0 aliphatic rings. The summed E-state index contributed by atoms with van der Waals surface area (Å²) in [6, 6.07) is 6.08. The number of hydrogen-bond donors (Lipinski definition) is 1. The molecule has 0 atom stereocenters. The molecule has 1 heterocycles. The predicted molar refractivity (Wildman–Crippen MR) is 68.4 cm³/mol. The molecule has 0 radical (unpaired) electrons. The third kappa shape index (κ3) is 3.35. The molecule has 0 aliphatic carbocycles. The lowest BCUT2D eigenvalue weighted by Crippen LogP contribution is -2.34. The highest BCUT2D eigenvalue weighted by Gasteiger charge is 2.18. The molecule has 19 heavy (non-hydrogen) atoms. The first-order valence-corrected chi connectivity index (χ1v) is 5.71. The van der Waals surface area contributed by atoms with Crippen LogP contribution in [0.3, 0.4) is 0 Å². The third-order valence-corrected chi connectivity index (χ3v) is 2.39. The average Bonchev–Trinajstić information content (AvgIpc) is 2.75. The van der Waals surface area contributed by atoms with Crippen molar-refractivity contribution in [2.75, 3.05) is 0 Å². The Hall–Kier alpha value is -2.28. The summed E-state index contributed by atoms with van der Waals surface area (Å²) in [5.41, 5.74) is 5.94. The van der Waals surface area contributed by atoms with Crippen LogP contribution in [0.2, 0.25) is 0 Å². The number of non-ortho nitro benzene ring substituents is 1. The molecule has 2 N–H and O–H groups in total. The molecule has 0 saturated carbocycles. The summed E-state index contributed by atoms with van der Waals surface area (Å²) in [7, 11) is 0. The first kappa shape index (κ1) is 13.2. The molecular formula is C12H14N4O3. The van der Waals surface area contributed by atoms with Gasteiger partial charge in [-0.15, -0.1) is 0 Å². The van der Waals surface area contributed by atoms with E-state index in [4.69, 9.17) is 10.3 Å². The normalized spacial score (nSPS) is 11.5. The molecule has 0 fully saturated rings. The van der Waals surface area contributed by atoms with Gasteiger partial charge in [0, 0.05) is 29.7 Å². The number of aromatic nitrogens is 2. The van der Waals surface area contributed by atoms with Gasteiger partial charge in [0.25, 0.3) is 5.69 Å². The predicted octanol–water partition coefficient (Wildman–Crippen LogP) is 1.92. The fourth-order valence-electron chi connectivity index (χ4n) is 1.59. The van der Waals surface area contributed by atoms with Crippen molar-refractivity contribution in [2.24, 2.45) is 5.73 Å². The topological polar surface area (TPSA) is 108 Å². The zero-order chi connectivity index (χ0) is 14.0. The van der Waals surface area contributed by atoms with E-state index in [1.807, 2.05) is 13.8 Å². The number of nitrogens with zero attached hydrogens (tertiary/aromatic N) is 3. The Kier molecular flexibility index (Phi) is 3.30. The van der Waals surface area contributed by atoms with E-state index >= 15 is 0 Å². The molecule has 0 unspecified atom stereocenters. The maximum atomic E-state index is 10.7. The molecule has 1 aromatic carbocycles. The number of rotatable bonds is 4. The molecule has 2 aromatic rings. The minimum Gasteiger partial charge on any atom is -0.339 e. The quantitative estimate of drug-likeness (QED) is 0.666. The molecule has 7 heteroatoms. The second-order valence-corrected chi connectivity index (χ2v) is 4.98.